The number of benzene rings is 8. The summed E-state index contributed by atoms with van der Waals surface area (Å²) in [5, 5.41) is 26.6. The first kappa shape index (κ1) is 30.4. The Kier molecular flexibility index (Phi) is 6.41. The lowest BCUT2D eigenvalue weighted by molar-refractivity contribution is -0.0893. The van der Waals surface area contributed by atoms with Crippen molar-refractivity contribution < 1.29 is 9.76 Å². The molecule has 0 unspecified atom stereocenters. The van der Waals surface area contributed by atoms with E-state index < -0.39 is 11.2 Å². The number of fused-ring (bicyclic) bond motifs is 8. The van der Waals surface area contributed by atoms with E-state index in [0.717, 1.165) is 10.8 Å². The van der Waals surface area contributed by atoms with E-state index in [-0.39, 0.29) is 0 Å². The predicted octanol–water partition coefficient (Wildman–Crippen LogP) is 11.5. The van der Waals surface area contributed by atoms with Crippen molar-refractivity contribution in [1.82, 2.24) is 0 Å². The van der Waals surface area contributed by atoms with Crippen LogP contribution in [0, 0.1) is 0 Å². The molecule has 0 bridgehead atoms. The number of hydrogen-bond acceptors (Lipinski definition) is 1. The lowest BCUT2D eigenvalue weighted by Gasteiger charge is -2.33. The molecule has 1 radical (unpaired) electrons. The van der Waals surface area contributed by atoms with Crippen molar-refractivity contribution in [3.63, 3.8) is 0 Å². The second kappa shape index (κ2) is 10.8. The molecule has 10 rings (SSSR count). The standard InChI is InChI=1S/C48H36BO2/c1-47(2,50)48(3,4)51-49-39-26-25-36-43-33(39)22-14-24-35(43)45-40(28-15-7-5-8-16-28)38-27-37-31-20-12-11-19-30(31)32-21-13-23-34(42(32)37)44(38)41(46(36)45)29-17-9-6-10-18-29/h5-27,50H,1-4H3/p+1. The molecule has 0 saturated heterocycles. The molecule has 0 aromatic heterocycles. The van der Waals surface area contributed by atoms with E-state index in [1.807, 2.05) is 35.2 Å². The lowest BCUT2D eigenvalue weighted by Crippen LogP contribution is -2.49. The van der Waals surface area contributed by atoms with Gasteiger partial charge in [-0.25, -0.2) is 0 Å². The van der Waals surface area contributed by atoms with Gasteiger partial charge in [0.25, 0.3) is 0 Å². The van der Waals surface area contributed by atoms with Gasteiger partial charge >= 0.3 is 7.48 Å². The van der Waals surface area contributed by atoms with Crippen molar-refractivity contribution >= 4 is 88.4 Å². The van der Waals surface area contributed by atoms with Crippen LogP contribution in [-0.2, 0) is 4.65 Å². The molecule has 243 valence electrons. The lowest BCUT2D eigenvalue weighted by atomic mass is 9.80. The van der Waals surface area contributed by atoms with Crippen LogP contribution in [0.4, 0.5) is 0 Å². The van der Waals surface area contributed by atoms with E-state index in [1.54, 1.807) is 0 Å². The zero-order valence-corrected chi connectivity index (χ0v) is 29.3. The summed E-state index contributed by atoms with van der Waals surface area (Å²) in [5.74, 6) is 0. The highest BCUT2D eigenvalue weighted by molar-refractivity contribution is 6.54. The van der Waals surface area contributed by atoms with Crippen LogP contribution in [-0.4, -0.2) is 23.8 Å². The average molecular weight is 657 g/mol. The quantitative estimate of drug-likeness (QED) is 0.0996. The van der Waals surface area contributed by atoms with Gasteiger partial charge in [0.05, 0.1) is 0 Å². The van der Waals surface area contributed by atoms with Gasteiger partial charge in [-0.2, -0.15) is 0 Å². The molecule has 10 aromatic carbocycles. The monoisotopic (exact) mass is 656 g/mol. The third kappa shape index (κ3) is 4.26. The first-order chi connectivity index (χ1) is 24.7. The number of rotatable bonds is 6. The van der Waals surface area contributed by atoms with Crippen molar-refractivity contribution in [2.45, 2.75) is 38.9 Å². The summed E-state index contributed by atoms with van der Waals surface area (Å²) in [7, 11) is 1.87. The Balaban J connectivity index is 1.44. The molecule has 51 heavy (non-hydrogen) atoms. The van der Waals surface area contributed by atoms with Crippen LogP contribution >= 0.6 is 0 Å². The van der Waals surface area contributed by atoms with Crippen LogP contribution in [0.3, 0.4) is 0 Å². The van der Waals surface area contributed by atoms with Gasteiger partial charge in [0.15, 0.2) is 5.60 Å². The van der Waals surface area contributed by atoms with E-state index in [0.29, 0.717) is 0 Å². The highest BCUT2D eigenvalue weighted by Gasteiger charge is 2.40. The maximum atomic E-state index is 8.70. The minimum atomic E-state index is -0.769. The van der Waals surface area contributed by atoms with E-state index in [4.69, 9.17) is 9.76 Å². The third-order valence-electron chi connectivity index (χ3n) is 11.7. The average Bonchev–Trinajstić information content (AvgIpc) is 3.65. The molecular weight excluding hydrogens is 619 g/mol. The Labute approximate surface area is 297 Å². The van der Waals surface area contributed by atoms with Crippen molar-refractivity contribution in [2.75, 3.05) is 0 Å². The normalized spacial score (nSPS) is 12.9. The van der Waals surface area contributed by atoms with Crippen LogP contribution < -0.4 is 5.46 Å². The molecule has 2 nitrogen and oxygen atoms in total. The molecule has 0 atom stereocenters. The number of hydrogen-bond donors (Lipinski definition) is 0. The predicted molar refractivity (Wildman–Crippen MR) is 220 cm³/mol. The SMILES string of the molecule is CC(C)([OH2+])C(C)(C)O[B]c1ccc2c3c(-c4ccccc4)c4c(cc5c6ccccc6c6cccc4c65)c(-c4ccccc4)c3c3cccc1c32. The van der Waals surface area contributed by atoms with Crippen LogP contribution in [0.15, 0.2) is 140 Å². The van der Waals surface area contributed by atoms with E-state index in [1.165, 1.54) is 92.3 Å². The van der Waals surface area contributed by atoms with E-state index >= 15 is 0 Å². The minimum absolute atomic E-state index is 0.668. The van der Waals surface area contributed by atoms with Gasteiger partial charge < -0.3 is 9.76 Å². The summed E-state index contributed by atoms with van der Waals surface area (Å²) in [6, 6.07) is 51.4. The maximum Gasteiger partial charge on any atom is 0.331 e. The fourth-order valence-electron chi connectivity index (χ4n) is 8.49. The fourth-order valence-corrected chi connectivity index (χ4v) is 8.49. The summed E-state index contributed by atoms with van der Waals surface area (Å²) < 4.78 is 6.41. The molecular formula is C48H37BO2+. The summed E-state index contributed by atoms with van der Waals surface area (Å²) in [6.07, 6.45) is 0. The molecule has 0 aliphatic carbocycles. The first-order valence-electron chi connectivity index (χ1n) is 17.9. The molecule has 0 amide bonds. The summed E-state index contributed by atoms with van der Waals surface area (Å²) in [5.41, 5.74) is 4.57. The van der Waals surface area contributed by atoms with Crippen LogP contribution in [0.25, 0.3) is 97.7 Å². The largest absolute Gasteiger partial charge is 0.439 e. The summed E-state index contributed by atoms with van der Waals surface area (Å²) in [6.45, 7) is 7.80. The molecule has 0 heterocycles. The molecule has 0 aliphatic heterocycles. The Bertz CT molecular complexity index is 2960. The van der Waals surface area contributed by atoms with Crippen LogP contribution in [0.1, 0.15) is 27.7 Å². The first-order valence-corrected chi connectivity index (χ1v) is 17.9. The molecule has 10 aromatic rings. The zero-order valence-electron chi connectivity index (χ0n) is 29.3. The fraction of sp³-hybridized carbons (Fsp3) is 0.125. The second-order valence-corrected chi connectivity index (χ2v) is 15.2. The molecule has 0 saturated carbocycles. The topological polar surface area (TPSA) is 32.1 Å². The highest BCUT2D eigenvalue weighted by atomic mass is 16.5. The minimum Gasteiger partial charge on any atom is -0.439 e. The van der Waals surface area contributed by atoms with Crippen molar-refractivity contribution in [2.24, 2.45) is 0 Å². The Morgan fingerprint density at radius 1 is 0.412 bits per heavy atom. The van der Waals surface area contributed by atoms with Gasteiger partial charge in [0, 0.05) is 13.8 Å². The Hall–Kier alpha value is -5.48. The molecule has 0 fully saturated rings. The van der Waals surface area contributed by atoms with Gasteiger partial charge in [0.1, 0.15) is 5.60 Å². The van der Waals surface area contributed by atoms with Crippen LogP contribution in [0.5, 0.6) is 0 Å². The van der Waals surface area contributed by atoms with Crippen LogP contribution in [0.2, 0.25) is 0 Å². The van der Waals surface area contributed by atoms with E-state index in [9.17, 15) is 0 Å². The Morgan fingerprint density at radius 3 is 1.57 bits per heavy atom. The molecule has 0 spiro atoms. The van der Waals surface area contributed by atoms with Crippen molar-refractivity contribution in [1.29, 1.82) is 0 Å². The van der Waals surface area contributed by atoms with Gasteiger partial charge in [-0.1, -0.05) is 133 Å². The van der Waals surface area contributed by atoms with Crippen molar-refractivity contribution in [3.05, 3.63) is 140 Å². The molecule has 0 aliphatic rings. The van der Waals surface area contributed by atoms with E-state index in [2.05, 4.69) is 140 Å². The summed E-state index contributed by atoms with van der Waals surface area (Å²) >= 11 is 0. The van der Waals surface area contributed by atoms with Gasteiger partial charge in [-0.05, 0) is 123 Å². The molecule has 2 N–H and O–H groups in total. The van der Waals surface area contributed by atoms with Crippen molar-refractivity contribution in [3.8, 4) is 22.3 Å². The second-order valence-electron chi connectivity index (χ2n) is 15.2. The molecule has 3 heteroatoms. The van der Waals surface area contributed by atoms with Gasteiger partial charge in [-0.15, -0.1) is 0 Å². The highest BCUT2D eigenvalue weighted by Crippen LogP contribution is 2.54. The smallest absolute Gasteiger partial charge is 0.331 e. The summed E-state index contributed by atoms with van der Waals surface area (Å²) in [4.78, 5) is 0. The van der Waals surface area contributed by atoms with Gasteiger partial charge in [0.2, 0.25) is 0 Å². The third-order valence-corrected chi connectivity index (χ3v) is 11.7. The van der Waals surface area contributed by atoms with Gasteiger partial charge in [-0.3, -0.25) is 0 Å². The zero-order chi connectivity index (χ0) is 34.6. The Morgan fingerprint density at radius 2 is 0.902 bits per heavy atom. The maximum absolute atomic E-state index is 8.70.